The average Bonchev–Trinajstić information content (AvgIpc) is 2.45. The van der Waals surface area contributed by atoms with Gasteiger partial charge in [-0.1, -0.05) is 24.4 Å². The second-order valence-electron chi connectivity index (χ2n) is 4.20. The molecular weight excluding hydrogens is 292 g/mol. The molecule has 0 unspecified atom stereocenters. The van der Waals surface area contributed by atoms with Crippen LogP contribution in [0.4, 0.5) is 0 Å². The molecule has 1 rings (SSSR count). The molecule has 0 radical (unpaired) electrons. The van der Waals surface area contributed by atoms with Crippen LogP contribution in [0.25, 0.3) is 0 Å². The highest BCUT2D eigenvalue weighted by Crippen LogP contribution is 2.17. The Balaban J connectivity index is 2.57. The van der Waals surface area contributed by atoms with Gasteiger partial charge in [0.15, 0.2) is 6.61 Å². The summed E-state index contributed by atoms with van der Waals surface area (Å²) in [6.45, 7) is 1.65. The normalized spacial score (nSPS) is 9.81. The lowest BCUT2D eigenvalue weighted by Gasteiger charge is -2.17. The molecule has 0 aliphatic rings. The topological polar surface area (TPSA) is 81.9 Å². The number of likely N-dealkylation sites (N-methyl/N-ethyl adjacent to an activating group) is 1. The van der Waals surface area contributed by atoms with Crippen molar-refractivity contribution in [1.82, 2.24) is 4.90 Å². The zero-order valence-corrected chi connectivity index (χ0v) is 12.8. The maximum Gasteiger partial charge on any atom is 0.325 e. The third-order valence-electron chi connectivity index (χ3n) is 2.60. The Bertz CT molecular complexity index is 533. The highest BCUT2D eigenvalue weighted by molar-refractivity contribution is 7.80. The van der Waals surface area contributed by atoms with Crippen LogP contribution >= 0.6 is 12.2 Å². The van der Waals surface area contributed by atoms with Gasteiger partial charge in [-0.15, -0.1) is 0 Å². The zero-order chi connectivity index (χ0) is 15.8. The molecule has 2 N–H and O–H groups in total. The molecule has 1 aromatic rings. The maximum absolute atomic E-state index is 11.9. The Morgan fingerprint density at radius 3 is 2.62 bits per heavy atom. The Kier molecular flexibility index (Phi) is 6.61. The maximum atomic E-state index is 11.9. The van der Waals surface area contributed by atoms with Crippen molar-refractivity contribution in [1.29, 1.82) is 0 Å². The molecule has 7 heteroatoms. The van der Waals surface area contributed by atoms with Gasteiger partial charge in [-0.25, -0.2) is 0 Å². The number of hydrogen-bond acceptors (Lipinski definition) is 5. The van der Waals surface area contributed by atoms with Crippen molar-refractivity contribution < 1.29 is 19.1 Å². The monoisotopic (exact) mass is 310 g/mol. The van der Waals surface area contributed by atoms with E-state index in [0.717, 1.165) is 0 Å². The Labute approximate surface area is 128 Å². The van der Waals surface area contributed by atoms with Crippen LogP contribution in [0.1, 0.15) is 12.5 Å². The average molecular weight is 310 g/mol. The van der Waals surface area contributed by atoms with Crippen LogP contribution in [0.15, 0.2) is 24.3 Å². The molecule has 1 amide bonds. The summed E-state index contributed by atoms with van der Waals surface area (Å²) in [4.78, 5) is 24.6. The molecule has 114 valence electrons. The zero-order valence-electron chi connectivity index (χ0n) is 12.0. The van der Waals surface area contributed by atoms with Crippen molar-refractivity contribution in [3.63, 3.8) is 0 Å². The molecule has 0 aliphatic carbocycles. The molecule has 6 nitrogen and oxygen atoms in total. The van der Waals surface area contributed by atoms with Crippen molar-refractivity contribution in [2.75, 3.05) is 26.8 Å². The number of hydrogen-bond donors (Lipinski definition) is 1. The summed E-state index contributed by atoms with van der Waals surface area (Å²) in [6.07, 6.45) is 0. The van der Waals surface area contributed by atoms with E-state index in [1.165, 1.54) is 11.9 Å². The lowest BCUT2D eigenvalue weighted by Crippen LogP contribution is -2.36. The van der Waals surface area contributed by atoms with E-state index in [0.29, 0.717) is 11.3 Å². The second-order valence-corrected chi connectivity index (χ2v) is 4.64. The Hall–Kier alpha value is -2.15. The number of nitrogens with two attached hydrogens (primary N) is 1. The van der Waals surface area contributed by atoms with E-state index >= 15 is 0 Å². The summed E-state index contributed by atoms with van der Waals surface area (Å²) in [6, 6.07) is 6.91. The molecule has 0 saturated carbocycles. The van der Waals surface area contributed by atoms with Crippen LogP contribution in [-0.2, 0) is 14.3 Å². The third-order valence-corrected chi connectivity index (χ3v) is 2.82. The molecule has 0 atom stereocenters. The standard InChI is InChI=1S/C14H18N2O4S/c1-3-19-13(18)8-16(2)12(17)9-20-11-7-5-4-6-10(11)14(15)21/h4-7H,3,8-9H2,1-2H3,(H2,15,21). The van der Waals surface area contributed by atoms with E-state index in [4.69, 9.17) is 27.4 Å². The summed E-state index contributed by atoms with van der Waals surface area (Å²) in [5, 5.41) is 0. The fourth-order valence-electron chi connectivity index (χ4n) is 1.53. The van der Waals surface area contributed by atoms with Crippen LogP contribution in [-0.4, -0.2) is 48.6 Å². The van der Waals surface area contributed by atoms with Gasteiger partial charge in [0.2, 0.25) is 0 Å². The molecule has 0 aromatic heterocycles. The van der Waals surface area contributed by atoms with E-state index in [1.807, 2.05) is 0 Å². The first kappa shape index (κ1) is 16.9. The molecule has 0 bridgehead atoms. The number of thiocarbonyl (C=S) groups is 1. The molecule has 0 spiro atoms. The van der Waals surface area contributed by atoms with Crippen LogP contribution in [0, 0.1) is 0 Å². The number of benzene rings is 1. The van der Waals surface area contributed by atoms with Crippen LogP contribution in [0.5, 0.6) is 5.75 Å². The van der Waals surface area contributed by atoms with Crippen molar-refractivity contribution in [2.24, 2.45) is 5.73 Å². The number of para-hydroxylation sites is 1. The smallest absolute Gasteiger partial charge is 0.325 e. The van der Waals surface area contributed by atoms with Crippen molar-refractivity contribution in [3.05, 3.63) is 29.8 Å². The summed E-state index contributed by atoms with van der Waals surface area (Å²) in [5.41, 5.74) is 6.14. The van der Waals surface area contributed by atoms with E-state index in [9.17, 15) is 9.59 Å². The van der Waals surface area contributed by atoms with E-state index in [-0.39, 0.29) is 30.7 Å². The van der Waals surface area contributed by atoms with Gasteiger partial charge in [0.05, 0.1) is 12.2 Å². The summed E-state index contributed by atoms with van der Waals surface area (Å²) in [7, 11) is 1.50. The number of carbonyl (C=O) groups excluding carboxylic acids is 2. The molecule has 0 fully saturated rings. The van der Waals surface area contributed by atoms with Gasteiger partial charge < -0.3 is 20.1 Å². The molecular formula is C14H18N2O4S. The molecule has 0 saturated heterocycles. The minimum atomic E-state index is -0.461. The lowest BCUT2D eigenvalue weighted by molar-refractivity contribution is -0.148. The molecule has 1 aromatic carbocycles. The number of esters is 1. The number of rotatable bonds is 7. The minimum Gasteiger partial charge on any atom is -0.483 e. The van der Waals surface area contributed by atoms with Crippen LogP contribution in [0.3, 0.4) is 0 Å². The SMILES string of the molecule is CCOC(=O)CN(C)C(=O)COc1ccccc1C(N)=S. The first-order valence-corrected chi connectivity index (χ1v) is 6.77. The van der Waals surface area contributed by atoms with Gasteiger partial charge in [0, 0.05) is 7.05 Å². The van der Waals surface area contributed by atoms with Gasteiger partial charge in [-0.3, -0.25) is 9.59 Å². The van der Waals surface area contributed by atoms with E-state index < -0.39 is 5.97 Å². The van der Waals surface area contributed by atoms with Gasteiger partial charge in [-0.05, 0) is 19.1 Å². The van der Waals surface area contributed by atoms with Crippen molar-refractivity contribution in [2.45, 2.75) is 6.92 Å². The number of ether oxygens (including phenoxy) is 2. The molecule has 0 aliphatic heterocycles. The number of nitrogens with zero attached hydrogens (tertiary/aromatic N) is 1. The summed E-state index contributed by atoms with van der Waals surface area (Å²) in [5.74, 6) is -0.374. The minimum absolute atomic E-state index is 0.118. The highest BCUT2D eigenvalue weighted by Gasteiger charge is 2.15. The third kappa shape index (κ3) is 5.39. The Morgan fingerprint density at radius 1 is 1.33 bits per heavy atom. The van der Waals surface area contributed by atoms with Crippen LogP contribution in [0.2, 0.25) is 0 Å². The fraction of sp³-hybridized carbons (Fsp3) is 0.357. The summed E-state index contributed by atoms with van der Waals surface area (Å²) < 4.78 is 10.2. The quantitative estimate of drug-likeness (QED) is 0.590. The van der Waals surface area contributed by atoms with E-state index in [1.54, 1.807) is 31.2 Å². The lowest BCUT2D eigenvalue weighted by atomic mass is 10.2. The van der Waals surface area contributed by atoms with Gasteiger partial charge in [0.25, 0.3) is 5.91 Å². The Morgan fingerprint density at radius 2 is 2.00 bits per heavy atom. The first-order valence-electron chi connectivity index (χ1n) is 6.37. The second kappa shape index (κ2) is 8.21. The molecule has 21 heavy (non-hydrogen) atoms. The van der Waals surface area contributed by atoms with Gasteiger partial charge in [0.1, 0.15) is 17.3 Å². The van der Waals surface area contributed by atoms with Gasteiger partial charge in [-0.2, -0.15) is 0 Å². The van der Waals surface area contributed by atoms with Gasteiger partial charge >= 0.3 is 5.97 Å². The predicted molar refractivity (Wildman–Crippen MR) is 82.1 cm³/mol. The number of carbonyl (C=O) groups is 2. The summed E-state index contributed by atoms with van der Waals surface area (Å²) >= 11 is 4.91. The predicted octanol–water partition coefficient (Wildman–Crippen LogP) is 0.721. The van der Waals surface area contributed by atoms with Crippen molar-refractivity contribution >= 4 is 29.1 Å². The van der Waals surface area contributed by atoms with Crippen molar-refractivity contribution in [3.8, 4) is 5.75 Å². The largest absolute Gasteiger partial charge is 0.483 e. The van der Waals surface area contributed by atoms with E-state index in [2.05, 4.69) is 0 Å². The molecule has 0 heterocycles. The van der Waals surface area contributed by atoms with Crippen LogP contribution < -0.4 is 10.5 Å². The fourth-order valence-corrected chi connectivity index (χ4v) is 1.70. The number of amides is 1. The first-order chi connectivity index (χ1) is 9.95. The highest BCUT2D eigenvalue weighted by atomic mass is 32.1.